The van der Waals surface area contributed by atoms with Crippen LogP contribution in [0.25, 0.3) is 21.8 Å². The normalized spacial score (nSPS) is 11.4. The molecule has 0 radical (unpaired) electrons. The monoisotopic (exact) mass is 334 g/mol. The molecule has 0 bridgehead atoms. The Labute approximate surface area is 151 Å². The third-order valence-corrected chi connectivity index (χ3v) is 5.01. The summed E-state index contributed by atoms with van der Waals surface area (Å²) in [5.74, 6) is 0. The lowest BCUT2D eigenvalue weighted by Gasteiger charge is -2.06. The number of unbranched alkanes of at least 4 members (excludes halogenated alkanes) is 7. The topological polar surface area (TPSA) is 38.9 Å². The number of hydrogen-bond acceptors (Lipinski definition) is 2. The first-order chi connectivity index (χ1) is 12.3. The van der Waals surface area contributed by atoms with E-state index in [0.717, 1.165) is 22.1 Å². The van der Waals surface area contributed by atoms with E-state index in [2.05, 4.69) is 31.2 Å². The number of nitrogens with two attached hydrogens (primary N) is 1. The second-order valence-electron chi connectivity index (χ2n) is 7.19. The molecule has 2 heteroatoms. The van der Waals surface area contributed by atoms with Crippen LogP contribution >= 0.6 is 0 Å². The lowest BCUT2D eigenvalue weighted by Crippen LogP contribution is -1.90. The molecule has 132 valence electrons. The van der Waals surface area contributed by atoms with Crippen LogP contribution in [0.5, 0.6) is 0 Å². The first kappa shape index (κ1) is 17.7. The molecule has 0 amide bonds. The van der Waals surface area contributed by atoms with Crippen molar-refractivity contribution in [1.82, 2.24) is 4.98 Å². The van der Waals surface area contributed by atoms with Crippen LogP contribution in [0.2, 0.25) is 0 Å². The van der Waals surface area contributed by atoms with Crippen molar-refractivity contribution in [3.8, 4) is 0 Å². The molecule has 0 aliphatic heterocycles. The molecular weight excluding hydrogens is 304 g/mol. The SMILES string of the molecule is CCCCCCCCCCc1ccc2nc3ccc(N)cc3cc2c1. The molecular formula is C23H30N2. The van der Waals surface area contributed by atoms with Gasteiger partial charge in [-0.3, -0.25) is 0 Å². The molecule has 3 aromatic rings. The minimum atomic E-state index is 0.795. The molecule has 0 saturated heterocycles. The molecule has 0 atom stereocenters. The molecule has 2 N–H and O–H groups in total. The Kier molecular flexibility index (Phi) is 6.27. The molecule has 2 aromatic carbocycles. The van der Waals surface area contributed by atoms with Gasteiger partial charge in [-0.1, -0.05) is 57.9 Å². The summed E-state index contributed by atoms with van der Waals surface area (Å²) >= 11 is 0. The van der Waals surface area contributed by atoms with Crippen LogP contribution in [0.1, 0.15) is 63.9 Å². The third kappa shape index (κ3) is 4.94. The predicted molar refractivity (Wildman–Crippen MR) is 110 cm³/mol. The zero-order valence-electron chi connectivity index (χ0n) is 15.4. The van der Waals surface area contributed by atoms with E-state index >= 15 is 0 Å². The summed E-state index contributed by atoms with van der Waals surface area (Å²) < 4.78 is 0. The van der Waals surface area contributed by atoms with Crippen LogP contribution in [-0.4, -0.2) is 4.98 Å². The predicted octanol–water partition coefficient (Wildman–Crippen LogP) is 6.65. The van der Waals surface area contributed by atoms with Crippen molar-refractivity contribution in [3.05, 3.63) is 48.0 Å². The lowest BCUT2D eigenvalue weighted by molar-refractivity contribution is 0.575. The first-order valence-electron chi connectivity index (χ1n) is 9.85. The van der Waals surface area contributed by atoms with Gasteiger partial charge in [-0.25, -0.2) is 4.98 Å². The summed E-state index contributed by atoms with van der Waals surface area (Å²) in [4.78, 5) is 4.75. The Bertz CT molecular complexity index is 823. The van der Waals surface area contributed by atoms with E-state index in [1.54, 1.807) is 0 Å². The molecule has 1 aromatic heterocycles. The maximum absolute atomic E-state index is 5.90. The van der Waals surface area contributed by atoms with Gasteiger partial charge in [-0.2, -0.15) is 0 Å². The number of aryl methyl sites for hydroxylation is 1. The molecule has 1 heterocycles. The molecule has 0 aliphatic rings. The Balaban J connectivity index is 1.56. The van der Waals surface area contributed by atoms with Crippen LogP contribution < -0.4 is 5.73 Å². The van der Waals surface area contributed by atoms with Gasteiger partial charge in [0.2, 0.25) is 0 Å². The summed E-state index contributed by atoms with van der Waals surface area (Å²) in [7, 11) is 0. The molecule has 25 heavy (non-hydrogen) atoms. The van der Waals surface area contributed by atoms with Crippen LogP contribution in [-0.2, 0) is 6.42 Å². The van der Waals surface area contributed by atoms with Crippen LogP contribution in [0.3, 0.4) is 0 Å². The summed E-state index contributed by atoms with van der Waals surface area (Å²) in [5, 5.41) is 2.34. The zero-order chi connectivity index (χ0) is 17.5. The molecule has 0 aliphatic carbocycles. The first-order valence-corrected chi connectivity index (χ1v) is 9.85. The quantitative estimate of drug-likeness (QED) is 0.270. The fourth-order valence-corrected chi connectivity index (χ4v) is 3.53. The van der Waals surface area contributed by atoms with Gasteiger partial charge >= 0.3 is 0 Å². The highest BCUT2D eigenvalue weighted by Gasteiger charge is 2.02. The van der Waals surface area contributed by atoms with Crippen molar-refractivity contribution in [2.45, 2.75) is 64.7 Å². The highest BCUT2D eigenvalue weighted by molar-refractivity contribution is 5.94. The number of fused-ring (bicyclic) bond motifs is 2. The number of nitrogens with zero attached hydrogens (tertiary/aromatic N) is 1. The summed E-state index contributed by atoms with van der Waals surface area (Å²) in [5.41, 5.74) is 10.2. The average Bonchev–Trinajstić information content (AvgIpc) is 2.62. The molecule has 2 nitrogen and oxygen atoms in total. The minimum absolute atomic E-state index is 0.795. The van der Waals surface area contributed by atoms with E-state index in [1.807, 2.05) is 18.2 Å². The van der Waals surface area contributed by atoms with Gasteiger partial charge in [0.15, 0.2) is 0 Å². The number of anilines is 1. The second-order valence-corrected chi connectivity index (χ2v) is 7.19. The third-order valence-electron chi connectivity index (χ3n) is 5.01. The van der Waals surface area contributed by atoms with Crippen molar-refractivity contribution in [3.63, 3.8) is 0 Å². The van der Waals surface area contributed by atoms with Gasteiger partial charge in [0.05, 0.1) is 11.0 Å². The Morgan fingerprint density at radius 1 is 0.720 bits per heavy atom. The number of pyridine rings is 1. The summed E-state index contributed by atoms with van der Waals surface area (Å²) in [6.45, 7) is 2.27. The highest BCUT2D eigenvalue weighted by Crippen LogP contribution is 2.23. The van der Waals surface area contributed by atoms with Gasteiger partial charge < -0.3 is 5.73 Å². The van der Waals surface area contributed by atoms with Gasteiger partial charge in [-0.05, 0) is 54.8 Å². The largest absolute Gasteiger partial charge is 0.399 e. The van der Waals surface area contributed by atoms with Gasteiger partial charge in [0.25, 0.3) is 0 Å². The van der Waals surface area contributed by atoms with Crippen molar-refractivity contribution < 1.29 is 0 Å². The maximum Gasteiger partial charge on any atom is 0.0711 e. The number of benzene rings is 2. The van der Waals surface area contributed by atoms with E-state index in [0.29, 0.717) is 0 Å². The van der Waals surface area contributed by atoms with E-state index in [-0.39, 0.29) is 0 Å². The Morgan fingerprint density at radius 2 is 1.36 bits per heavy atom. The Hall–Kier alpha value is -2.09. The highest BCUT2D eigenvalue weighted by atomic mass is 14.7. The maximum atomic E-state index is 5.90. The van der Waals surface area contributed by atoms with Crippen LogP contribution in [0.4, 0.5) is 5.69 Å². The van der Waals surface area contributed by atoms with Crippen molar-refractivity contribution in [2.75, 3.05) is 5.73 Å². The molecule has 3 rings (SSSR count). The molecule has 0 fully saturated rings. The number of nitrogen functional groups attached to an aromatic ring is 1. The summed E-state index contributed by atoms with van der Waals surface area (Å²) in [6.07, 6.45) is 12.1. The van der Waals surface area contributed by atoms with Crippen LogP contribution in [0.15, 0.2) is 42.5 Å². The van der Waals surface area contributed by atoms with Gasteiger partial charge in [0.1, 0.15) is 0 Å². The lowest BCUT2D eigenvalue weighted by atomic mass is 10.0. The number of rotatable bonds is 9. The van der Waals surface area contributed by atoms with Gasteiger partial charge in [0, 0.05) is 16.5 Å². The smallest absolute Gasteiger partial charge is 0.0711 e. The fourth-order valence-electron chi connectivity index (χ4n) is 3.53. The van der Waals surface area contributed by atoms with E-state index in [9.17, 15) is 0 Å². The van der Waals surface area contributed by atoms with E-state index < -0.39 is 0 Å². The molecule has 0 spiro atoms. The van der Waals surface area contributed by atoms with E-state index in [4.69, 9.17) is 10.7 Å². The average molecular weight is 335 g/mol. The van der Waals surface area contributed by atoms with Crippen molar-refractivity contribution in [1.29, 1.82) is 0 Å². The van der Waals surface area contributed by atoms with Crippen molar-refractivity contribution in [2.24, 2.45) is 0 Å². The fraction of sp³-hybridized carbons (Fsp3) is 0.435. The molecule has 0 unspecified atom stereocenters. The van der Waals surface area contributed by atoms with Crippen molar-refractivity contribution >= 4 is 27.5 Å². The standard InChI is InChI=1S/C23H30N2/c1-2-3-4-5-6-7-8-9-10-18-11-13-22-19(15-18)16-20-17-21(24)12-14-23(20)25-22/h11-17H,2-10,24H2,1H3. The number of hydrogen-bond donors (Lipinski definition) is 1. The Morgan fingerprint density at radius 3 is 2.12 bits per heavy atom. The summed E-state index contributed by atoms with van der Waals surface area (Å²) in [6, 6.07) is 14.8. The van der Waals surface area contributed by atoms with Crippen LogP contribution in [0, 0.1) is 0 Å². The van der Waals surface area contributed by atoms with Gasteiger partial charge in [-0.15, -0.1) is 0 Å². The minimum Gasteiger partial charge on any atom is -0.399 e. The zero-order valence-corrected chi connectivity index (χ0v) is 15.4. The number of aromatic nitrogens is 1. The second kappa shape index (κ2) is 8.84. The molecule has 0 saturated carbocycles. The van der Waals surface area contributed by atoms with E-state index in [1.165, 1.54) is 68.7 Å².